The third kappa shape index (κ3) is 5.17. The van der Waals surface area contributed by atoms with Crippen molar-refractivity contribution in [1.82, 2.24) is 9.55 Å². The van der Waals surface area contributed by atoms with Crippen LogP contribution in [0.3, 0.4) is 0 Å². The molecule has 3 aromatic rings. The molecule has 0 fully saturated rings. The zero-order chi connectivity index (χ0) is 23.5. The zero-order valence-corrected chi connectivity index (χ0v) is 17.7. The Balaban J connectivity index is 2.03. The van der Waals surface area contributed by atoms with Crippen molar-refractivity contribution in [3.05, 3.63) is 80.7 Å². The topological polar surface area (TPSA) is 84.2 Å². The van der Waals surface area contributed by atoms with Gasteiger partial charge >= 0.3 is 6.18 Å². The number of aliphatic hydroxyl groups excluding tert-OH is 1. The number of carbonyl (C=O) groups excluding carboxylic acids is 1. The minimum absolute atomic E-state index is 0.0249. The molecule has 2 N–H and O–H groups in total. The van der Waals surface area contributed by atoms with E-state index < -0.39 is 35.4 Å². The van der Waals surface area contributed by atoms with Gasteiger partial charge in [0.1, 0.15) is 12.4 Å². The van der Waals surface area contributed by atoms with Crippen molar-refractivity contribution in [2.24, 2.45) is 0 Å². The third-order valence-corrected chi connectivity index (χ3v) is 4.99. The van der Waals surface area contributed by atoms with E-state index in [0.717, 1.165) is 16.7 Å². The lowest BCUT2D eigenvalue weighted by Crippen LogP contribution is -2.33. The molecule has 6 nitrogen and oxygen atoms in total. The number of aliphatic hydroxyl groups is 1. The van der Waals surface area contributed by atoms with Gasteiger partial charge in [0.05, 0.1) is 11.3 Å². The van der Waals surface area contributed by atoms with Crippen molar-refractivity contribution >= 4 is 23.2 Å². The number of hydrogen-bond acceptors (Lipinski definition) is 4. The van der Waals surface area contributed by atoms with E-state index in [1.165, 1.54) is 12.1 Å². The van der Waals surface area contributed by atoms with Gasteiger partial charge in [-0.2, -0.15) is 13.2 Å². The maximum Gasteiger partial charge on any atom is 0.418 e. The quantitative estimate of drug-likeness (QED) is 0.575. The molecule has 0 saturated heterocycles. The summed E-state index contributed by atoms with van der Waals surface area (Å²) in [6, 6.07) is 11.0. The molecule has 32 heavy (non-hydrogen) atoms. The van der Waals surface area contributed by atoms with Crippen LogP contribution in [-0.4, -0.2) is 27.2 Å². The molecular weight excluding hydrogens is 447 g/mol. The van der Waals surface area contributed by atoms with Gasteiger partial charge in [-0.05, 0) is 43.3 Å². The van der Waals surface area contributed by atoms with Crippen LogP contribution in [0.2, 0.25) is 5.02 Å². The van der Waals surface area contributed by atoms with Crippen molar-refractivity contribution in [3.8, 4) is 11.4 Å². The average Bonchev–Trinajstić information content (AvgIpc) is 2.73. The Morgan fingerprint density at radius 1 is 1.16 bits per heavy atom. The highest BCUT2D eigenvalue weighted by Gasteiger charge is 2.33. The minimum Gasteiger partial charge on any atom is -0.396 e. The molecule has 10 heteroatoms. The predicted octanol–water partition coefficient (Wildman–Crippen LogP) is 4.06. The Hall–Kier alpha value is -3.17. The second kappa shape index (κ2) is 9.54. The number of rotatable bonds is 6. The van der Waals surface area contributed by atoms with Crippen molar-refractivity contribution in [2.75, 3.05) is 11.9 Å². The Kier molecular flexibility index (Phi) is 7.00. The Bertz CT molecular complexity index is 1190. The van der Waals surface area contributed by atoms with Crippen molar-refractivity contribution < 1.29 is 23.1 Å². The summed E-state index contributed by atoms with van der Waals surface area (Å²) in [5, 5.41) is 12.0. The van der Waals surface area contributed by atoms with Crippen LogP contribution in [0.4, 0.5) is 18.9 Å². The number of aryl methyl sites for hydroxylation is 1. The van der Waals surface area contributed by atoms with E-state index >= 15 is 0 Å². The summed E-state index contributed by atoms with van der Waals surface area (Å²) >= 11 is 5.92. The molecule has 0 atom stereocenters. The summed E-state index contributed by atoms with van der Waals surface area (Å²) in [5.74, 6) is -0.676. The number of aromatic nitrogens is 2. The van der Waals surface area contributed by atoms with E-state index in [1.807, 2.05) is 0 Å². The van der Waals surface area contributed by atoms with E-state index in [0.29, 0.717) is 16.3 Å². The van der Waals surface area contributed by atoms with Gasteiger partial charge in [0.2, 0.25) is 5.91 Å². The molecule has 2 aromatic carbocycles. The van der Waals surface area contributed by atoms with Gasteiger partial charge in [0.25, 0.3) is 5.56 Å². The number of alkyl halides is 3. The first-order valence-corrected chi connectivity index (χ1v) is 9.92. The molecule has 1 aromatic heterocycles. The molecule has 168 valence electrons. The van der Waals surface area contributed by atoms with E-state index in [-0.39, 0.29) is 24.4 Å². The molecule has 1 amide bonds. The fourth-order valence-electron chi connectivity index (χ4n) is 3.24. The summed E-state index contributed by atoms with van der Waals surface area (Å²) in [6.45, 7) is 0.730. The average molecular weight is 466 g/mol. The number of benzene rings is 2. The highest BCUT2D eigenvalue weighted by molar-refractivity contribution is 6.30. The zero-order valence-electron chi connectivity index (χ0n) is 16.9. The lowest BCUT2D eigenvalue weighted by molar-refractivity contribution is -0.137. The van der Waals surface area contributed by atoms with Crippen LogP contribution in [0.5, 0.6) is 0 Å². The monoisotopic (exact) mass is 465 g/mol. The summed E-state index contributed by atoms with van der Waals surface area (Å²) < 4.78 is 40.8. The number of amides is 1. The Morgan fingerprint density at radius 3 is 2.44 bits per heavy atom. The van der Waals surface area contributed by atoms with Gasteiger partial charge in [-0.15, -0.1) is 0 Å². The standard InChI is InChI=1S/C22H19ClF3N3O3/c1-13-16(10-11-30)21(32)29(20(27-13)14-6-8-15(23)9-7-14)12-19(31)28-18-5-3-2-4-17(18)22(24,25)26/h2-9,30H,10-12H2,1H3,(H,28,31). The van der Waals surface area contributed by atoms with Gasteiger partial charge in [-0.1, -0.05) is 23.7 Å². The molecule has 1 heterocycles. The third-order valence-electron chi connectivity index (χ3n) is 4.74. The predicted molar refractivity (Wildman–Crippen MR) is 115 cm³/mol. The molecule has 0 aliphatic heterocycles. The lowest BCUT2D eigenvalue weighted by Gasteiger charge is -2.17. The first-order valence-electron chi connectivity index (χ1n) is 9.55. The smallest absolute Gasteiger partial charge is 0.396 e. The maximum atomic E-state index is 13.2. The Morgan fingerprint density at radius 2 is 1.81 bits per heavy atom. The molecule has 3 rings (SSSR count). The first kappa shape index (κ1) is 23.5. The molecule has 0 bridgehead atoms. The molecule has 0 saturated carbocycles. The number of hydrogen-bond donors (Lipinski definition) is 2. The highest BCUT2D eigenvalue weighted by Crippen LogP contribution is 2.34. The van der Waals surface area contributed by atoms with E-state index in [2.05, 4.69) is 10.3 Å². The van der Waals surface area contributed by atoms with Crippen LogP contribution in [0, 0.1) is 6.92 Å². The van der Waals surface area contributed by atoms with Gasteiger partial charge in [-0.3, -0.25) is 14.2 Å². The number of carbonyl (C=O) groups is 1. The van der Waals surface area contributed by atoms with Crippen LogP contribution in [0.15, 0.2) is 53.3 Å². The molecule has 0 aliphatic carbocycles. The molecule has 0 aliphatic rings. The second-order valence-electron chi connectivity index (χ2n) is 6.96. The lowest BCUT2D eigenvalue weighted by atomic mass is 10.1. The number of halogens is 4. The van der Waals surface area contributed by atoms with Crippen LogP contribution < -0.4 is 10.9 Å². The van der Waals surface area contributed by atoms with E-state index in [1.54, 1.807) is 31.2 Å². The van der Waals surface area contributed by atoms with Crippen LogP contribution in [0.25, 0.3) is 11.4 Å². The summed E-state index contributed by atoms with van der Waals surface area (Å²) in [4.78, 5) is 30.2. The molecular formula is C22H19ClF3N3O3. The van der Waals surface area contributed by atoms with Crippen molar-refractivity contribution in [1.29, 1.82) is 0 Å². The van der Waals surface area contributed by atoms with Gasteiger partial charge in [0, 0.05) is 34.9 Å². The van der Waals surface area contributed by atoms with Gasteiger partial charge in [-0.25, -0.2) is 4.98 Å². The number of nitrogens with zero attached hydrogens (tertiary/aromatic N) is 2. The van der Waals surface area contributed by atoms with E-state index in [9.17, 15) is 27.9 Å². The van der Waals surface area contributed by atoms with Crippen LogP contribution in [0.1, 0.15) is 16.8 Å². The normalized spacial score (nSPS) is 11.4. The van der Waals surface area contributed by atoms with Gasteiger partial charge in [0.15, 0.2) is 0 Å². The number of para-hydroxylation sites is 1. The van der Waals surface area contributed by atoms with Crippen LogP contribution in [-0.2, 0) is 23.9 Å². The summed E-state index contributed by atoms with van der Waals surface area (Å²) in [5.41, 5.74) is -0.880. The Labute approximate surface area is 186 Å². The van der Waals surface area contributed by atoms with Crippen LogP contribution >= 0.6 is 11.6 Å². The van der Waals surface area contributed by atoms with E-state index in [4.69, 9.17) is 11.6 Å². The first-order chi connectivity index (χ1) is 15.1. The molecule has 0 unspecified atom stereocenters. The largest absolute Gasteiger partial charge is 0.418 e. The maximum absolute atomic E-state index is 13.2. The SMILES string of the molecule is Cc1nc(-c2ccc(Cl)cc2)n(CC(=O)Nc2ccccc2C(F)(F)F)c(=O)c1CCO. The van der Waals surface area contributed by atoms with Crippen molar-refractivity contribution in [2.45, 2.75) is 26.1 Å². The highest BCUT2D eigenvalue weighted by atomic mass is 35.5. The fourth-order valence-corrected chi connectivity index (χ4v) is 3.36. The number of anilines is 1. The van der Waals surface area contributed by atoms with Gasteiger partial charge < -0.3 is 10.4 Å². The summed E-state index contributed by atoms with van der Waals surface area (Å²) in [6.07, 6.45) is -4.63. The summed E-state index contributed by atoms with van der Waals surface area (Å²) in [7, 11) is 0. The second-order valence-corrected chi connectivity index (χ2v) is 7.40. The molecule has 0 radical (unpaired) electrons. The van der Waals surface area contributed by atoms with Crippen molar-refractivity contribution in [3.63, 3.8) is 0 Å². The molecule has 0 spiro atoms. The minimum atomic E-state index is -4.66. The fraction of sp³-hybridized carbons (Fsp3) is 0.227. The number of nitrogens with one attached hydrogen (secondary N) is 1.